The van der Waals surface area contributed by atoms with Gasteiger partial charge in [-0.1, -0.05) is 45.4 Å². The van der Waals surface area contributed by atoms with Crippen LogP contribution >= 0.6 is 0 Å². The molecule has 0 atom stereocenters. The largest absolute Gasteiger partial charge is 0.394 e. The topological polar surface area (TPSA) is 49.8 Å². The van der Waals surface area contributed by atoms with Gasteiger partial charge in [0.1, 0.15) is 0 Å². The van der Waals surface area contributed by atoms with Crippen LogP contribution in [0.15, 0.2) is 0 Å². The summed E-state index contributed by atoms with van der Waals surface area (Å²) in [5.74, 6) is 0.309. The van der Waals surface area contributed by atoms with Gasteiger partial charge in [0.05, 0.1) is 19.3 Å². The second kappa shape index (κ2) is 12.0. The first kappa shape index (κ1) is 18.4. The molecule has 0 saturated carbocycles. The molecule has 1 amide bonds. The van der Waals surface area contributed by atoms with Gasteiger partial charge >= 0.3 is 0 Å². The van der Waals surface area contributed by atoms with Crippen molar-refractivity contribution in [2.24, 2.45) is 0 Å². The van der Waals surface area contributed by atoms with Crippen molar-refractivity contribution in [1.29, 1.82) is 0 Å². The van der Waals surface area contributed by atoms with E-state index in [2.05, 4.69) is 6.92 Å². The number of ether oxygens (including phenoxy) is 1. The summed E-state index contributed by atoms with van der Waals surface area (Å²) < 4.78 is 5.52. The molecule has 1 aliphatic heterocycles. The molecule has 0 radical (unpaired) electrons. The number of amides is 1. The van der Waals surface area contributed by atoms with E-state index in [0.29, 0.717) is 18.9 Å². The highest BCUT2D eigenvalue weighted by atomic mass is 16.5. The predicted molar refractivity (Wildman–Crippen MR) is 85.2 cm³/mol. The molecule has 1 saturated heterocycles. The zero-order chi connectivity index (χ0) is 15.3. The molecule has 1 fully saturated rings. The van der Waals surface area contributed by atoms with E-state index < -0.39 is 0 Å². The van der Waals surface area contributed by atoms with E-state index in [1.165, 1.54) is 38.5 Å². The number of nitrogens with zero attached hydrogens (tertiary/aromatic N) is 1. The van der Waals surface area contributed by atoms with Crippen molar-refractivity contribution in [3.8, 4) is 0 Å². The Hall–Kier alpha value is -0.610. The maximum Gasteiger partial charge on any atom is 0.222 e. The highest BCUT2D eigenvalue weighted by Gasteiger charge is 2.22. The van der Waals surface area contributed by atoms with E-state index in [0.717, 1.165) is 32.4 Å². The third kappa shape index (κ3) is 8.42. The number of rotatable bonds is 11. The van der Waals surface area contributed by atoms with Gasteiger partial charge in [-0.15, -0.1) is 0 Å². The molecule has 21 heavy (non-hydrogen) atoms. The number of piperidine rings is 1. The number of hydrogen-bond donors (Lipinski definition) is 1. The summed E-state index contributed by atoms with van der Waals surface area (Å²) in [6.45, 7) is 4.35. The Morgan fingerprint density at radius 3 is 2.33 bits per heavy atom. The van der Waals surface area contributed by atoms with Crippen molar-refractivity contribution in [3.63, 3.8) is 0 Å². The second-order valence-corrected chi connectivity index (χ2v) is 6.05. The zero-order valence-corrected chi connectivity index (χ0v) is 13.7. The van der Waals surface area contributed by atoms with E-state index in [4.69, 9.17) is 9.84 Å². The first-order valence-corrected chi connectivity index (χ1v) is 8.78. The fraction of sp³-hybridized carbons (Fsp3) is 0.941. The molecule has 4 heteroatoms. The van der Waals surface area contributed by atoms with E-state index in [9.17, 15) is 4.79 Å². The number of likely N-dealkylation sites (tertiary alicyclic amines) is 1. The van der Waals surface area contributed by atoms with Gasteiger partial charge in [-0.25, -0.2) is 0 Å². The molecule has 0 aromatic rings. The van der Waals surface area contributed by atoms with Crippen LogP contribution in [-0.4, -0.2) is 48.3 Å². The first-order valence-electron chi connectivity index (χ1n) is 8.78. The van der Waals surface area contributed by atoms with Crippen LogP contribution in [0, 0.1) is 0 Å². The lowest BCUT2D eigenvalue weighted by Gasteiger charge is -2.32. The Kier molecular flexibility index (Phi) is 10.5. The summed E-state index contributed by atoms with van der Waals surface area (Å²) in [6, 6.07) is 0. The van der Waals surface area contributed by atoms with Crippen LogP contribution in [0.5, 0.6) is 0 Å². The fourth-order valence-electron chi connectivity index (χ4n) is 2.88. The molecule has 0 aliphatic carbocycles. The molecule has 1 rings (SSSR count). The predicted octanol–water partition coefficient (Wildman–Crippen LogP) is 3.13. The molecular weight excluding hydrogens is 266 g/mol. The van der Waals surface area contributed by atoms with Crippen molar-refractivity contribution < 1.29 is 14.6 Å². The van der Waals surface area contributed by atoms with Crippen LogP contribution in [0.1, 0.15) is 71.1 Å². The maximum absolute atomic E-state index is 12.1. The molecule has 1 N–H and O–H groups in total. The highest BCUT2D eigenvalue weighted by molar-refractivity contribution is 5.76. The Bertz CT molecular complexity index is 263. The average molecular weight is 299 g/mol. The number of hydrogen-bond acceptors (Lipinski definition) is 3. The zero-order valence-electron chi connectivity index (χ0n) is 13.7. The second-order valence-electron chi connectivity index (χ2n) is 6.05. The molecule has 0 spiro atoms. The van der Waals surface area contributed by atoms with Crippen molar-refractivity contribution in [2.45, 2.75) is 77.2 Å². The van der Waals surface area contributed by atoms with Gasteiger partial charge in [0.15, 0.2) is 0 Å². The van der Waals surface area contributed by atoms with Crippen molar-refractivity contribution in [2.75, 3.05) is 26.3 Å². The summed E-state index contributed by atoms with van der Waals surface area (Å²) >= 11 is 0. The van der Waals surface area contributed by atoms with Crippen LogP contribution < -0.4 is 0 Å². The van der Waals surface area contributed by atoms with Gasteiger partial charge in [0.25, 0.3) is 0 Å². The van der Waals surface area contributed by atoms with E-state index in [1.807, 2.05) is 4.90 Å². The van der Waals surface area contributed by atoms with Crippen LogP contribution in [0.25, 0.3) is 0 Å². The van der Waals surface area contributed by atoms with Gasteiger partial charge in [0, 0.05) is 19.5 Å². The van der Waals surface area contributed by atoms with Gasteiger partial charge < -0.3 is 14.7 Å². The number of unbranched alkanes of at least 4 members (excludes halogenated alkanes) is 6. The van der Waals surface area contributed by atoms with Crippen molar-refractivity contribution in [1.82, 2.24) is 4.90 Å². The summed E-state index contributed by atoms with van der Waals surface area (Å²) in [5.41, 5.74) is 0. The lowest BCUT2D eigenvalue weighted by atomic mass is 10.1. The molecule has 0 aromatic heterocycles. The van der Waals surface area contributed by atoms with Crippen LogP contribution in [-0.2, 0) is 9.53 Å². The fourth-order valence-corrected chi connectivity index (χ4v) is 2.88. The van der Waals surface area contributed by atoms with Gasteiger partial charge in [-0.05, 0) is 19.3 Å². The molecular formula is C17H33NO3. The molecule has 4 nitrogen and oxygen atoms in total. The van der Waals surface area contributed by atoms with Gasteiger partial charge in [0.2, 0.25) is 5.91 Å². The quantitative estimate of drug-likeness (QED) is 0.596. The highest BCUT2D eigenvalue weighted by Crippen LogP contribution is 2.16. The average Bonchev–Trinajstić information content (AvgIpc) is 2.52. The minimum atomic E-state index is 0.0808. The standard InChI is InChI=1S/C17H33NO3/c1-2-3-4-5-6-7-8-9-17(20)18-12-10-16(11-13-18)21-15-14-19/h16,19H,2-15H2,1H3. The Morgan fingerprint density at radius 1 is 1.10 bits per heavy atom. The molecule has 0 unspecified atom stereocenters. The third-order valence-corrected chi connectivity index (χ3v) is 4.23. The Labute approximate surface area is 129 Å². The van der Waals surface area contributed by atoms with Gasteiger partial charge in [-0.3, -0.25) is 4.79 Å². The normalized spacial score (nSPS) is 16.4. The molecule has 0 bridgehead atoms. The number of aliphatic hydroxyl groups excluding tert-OH is 1. The smallest absolute Gasteiger partial charge is 0.222 e. The first-order chi connectivity index (χ1) is 10.3. The summed E-state index contributed by atoms with van der Waals surface area (Å²) in [5, 5.41) is 8.74. The number of aliphatic hydroxyl groups is 1. The third-order valence-electron chi connectivity index (χ3n) is 4.23. The monoisotopic (exact) mass is 299 g/mol. The lowest BCUT2D eigenvalue weighted by Crippen LogP contribution is -2.41. The lowest BCUT2D eigenvalue weighted by molar-refractivity contribution is -0.134. The minimum Gasteiger partial charge on any atom is -0.394 e. The van der Waals surface area contributed by atoms with Crippen LogP contribution in [0.2, 0.25) is 0 Å². The summed E-state index contributed by atoms with van der Waals surface area (Å²) in [6.07, 6.45) is 11.5. The van der Waals surface area contributed by atoms with Gasteiger partial charge in [-0.2, -0.15) is 0 Å². The molecule has 0 aromatic carbocycles. The van der Waals surface area contributed by atoms with Crippen molar-refractivity contribution >= 4 is 5.91 Å². The Morgan fingerprint density at radius 2 is 1.71 bits per heavy atom. The summed E-state index contributed by atoms with van der Waals surface area (Å²) in [7, 11) is 0. The van der Waals surface area contributed by atoms with Crippen LogP contribution in [0.3, 0.4) is 0 Å². The minimum absolute atomic E-state index is 0.0808. The van der Waals surface area contributed by atoms with E-state index in [-0.39, 0.29) is 12.7 Å². The molecule has 124 valence electrons. The maximum atomic E-state index is 12.1. The van der Waals surface area contributed by atoms with E-state index in [1.54, 1.807) is 0 Å². The number of carbonyl (C=O) groups is 1. The Balaban J connectivity index is 2.00. The van der Waals surface area contributed by atoms with Crippen molar-refractivity contribution in [3.05, 3.63) is 0 Å². The molecule has 1 aliphatic rings. The molecule has 1 heterocycles. The van der Waals surface area contributed by atoms with Crippen LogP contribution in [0.4, 0.5) is 0 Å². The SMILES string of the molecule is CCCCCCCCCC(=O)N1CCC(OCCO)CC1. The van der Waals surface area contributed by atoms with E-state index >= 15 is 0 Å². The number of carbonyl (C=O) groups excluding carboxylic acids is 1. The summed E-state index contributed by atoms with van der Waals surface area (Å²) in [4.78, 5) is 14.1.